The number of halogens is 1. The van der Waals surface area contributed by atoms with Gasteiger partial charge in [-0.1, -0.05) is 48.8 Å². The Morgan fingerprint density at radius 1 is 1.11 bits per heavy atom. The van der Waals surface area contributed by atoms with Gasteiger partial charge < -0.3 is 14.8 Å². The average Bonchev–Trinajstić information content (AvgIpc) is 3.17. The molecule has 28 heavy (non-hydrogen) atoms. The Morgan fingerprint density at radius 2 is 1.93 bits per heavy atom. The number of tetrazole rings is 1. The molecule has 0 atom stereocenters. The number of hydrogen-bond acceptors (Lipinski definition) is 6. The van der Waals surface area contributed by atoms with E-state index in [-0.39, 0.29) is 12.4 Å². The number of methoxy groups -OCH3 is 1. The van der Waals surface area contributed by atoms with E-state index in [9.17, 15) is 4.39 Å². The van der Waals surface area contributed by atoms with Crippen LogP contribution in [0.25, 0.3) is 0 Å². The Kier molecular flexibility index (Phi) is 6.78. The predicted molar refractivity (Wildman–Crippen MR) is 104 cm³/mol. The van der Waals surface area contributed by atoms with Crippen LogP contribution in [0, 0.1) is 5.82 Å². The molecule has 0 amide bonds. The van der Waals surface area contributed by atoms with Crippen LogP contribution in [0.2, 0.25) is 0 Å². The first-order valence-electron chi connectivity index (χ1n) is 9.25. The maximum Gasteiger partial charge on any atom is 0.243 e. The SMILES string of the molecule is CCCCn1nnnc1NCc1cccc(OC)c1OCc1ccccc1F. The van der Waals surface area contributed by atoms with Crippen LogP contribution in [0.3, 0.4) is 0 Å². The first-order valence-corrected chi connectivity index (χ1v) is 9.25. The Bertz CT molecular complexity index is 900. The molecule has 3 rings (SSSR count). The summed E-state index contributed by atoms with van der Waals surface area (Å²) in [5, 5.41) is 15.0. The summed E-state index contributed by atoms with van der Waals surface area (Å²) in [6.45, 7) is 3.41. The van der Waals surface area contributed by atoms with E-state index in [1.807, 2.05) is 18.2 Å². The molecule has 2 aromatic carbocycles. The fourth-order valence-electron chi connectivity index (χ4n) is 2.75. The van der Waals surface area contributed by atoms with Gasteiger partial charge in [-0.05, 0) is 29.0 Å². The number of hydrogen-bond donors (Lipinski definition) is 1. The van der Waals surface area contributed by atoms with E-state index >= 15 is 0 Å². The summed E-state index contributed by atoms with van der Waals surface area (Å²) in [5.41, 5.74) is 1.34. The zero-order valence-electron chi connectivity index (χ0n) is 16.1. The molecule has 0 aliphatic heterocycles. The van der Waals surface area contributed by atoms with Crippen LogP contribution in [0.1, 0.15) is 30.9 Å². The maximum absolute atomic E-state index is 13.9. The van der Waals surface area contributed by atoms with Gasteiger partial charge in [0, 0.05) is 24.2 Å². The predicted octanol–water partition coefficient (Wildman–Crippen LogP) is 3.81. The van der Waals surface area contributed by atoms with E-state index in [2.05, 4.69) is 27.8 Å². The van der Waals surface area contributed by atoms with Gasteiger partial charge in [0.2, 0.25) is 5.95 Å². The van der Waals surface area contributed by atoms with Gasteiger partial charge in [-0.15, -0.1) is 0 Å². The van der Waals surface area contributed by atoms with Crippen molar-refractivity contribution in [3.8, 4) is 11.5 Å². The Hall–Kier alpha value is -3.16. The van der Waals surface area contributed by atoms with Crippen LogP contribution in [-0.4, -0.2) is 27.3 Å². The average molecular weight is 385 g/mol. The number of ether oxygens (including phenoxy) is 2. The first kappa shape index (κ1) is 19.6. The molecule has 1 heterocycles. The highest BCUT2D eigenvalue weighted by atomic mass is 19.1. The van der Waals surface area contributed by atoms with Gasteiger partial charge in [-0.3, -0.25) is 0 Å². The molecule has 148 valence electrons. The molecule has 0 spiro atoms. The fraction of sp³-hybridized carbons (Fsp3) is 0.350. The second kappa shape index (κ2) is 9.68. The van der Waals surface area contributed by atoms with Crippen molar-refractivity contribution in [2.75, 3.05) is 12.4 Å². The van der Waals surface area contributed by atoms with Crippen molar-refractivity contribution < 1.29 is 13.9 Å². The Morgan fingerprint density at radius 3 is 2.71 bits per heavy atom. The third kappa shape index (κ3) is 4.76. The molecular formula is C20H24FN5O2. The fourth-order valence-corrected chi connectivity index (χ4v) is 2.75. The van der Waals surface area contributed by atoms with Gasteiger partial charge >= 0.3 is 0 Å². The van der Waals surface area contributed by atoms with Gasteiger partial charge in [0.1, 0.15) is 12.4 Å². The first-order chi connectivity index (χ1) is 13.7. The van der Waals surface area contributed by atoms with E-state index in [0.717, 1.165) is 24.9 Å². The Balaban J connectivity index is 1.74. The number of aromatic nitrogens is 4. The number of aryl methyl sites for hydroxylation is 1. The third-order valence-corrected chi connectivity index (χ3v) is 4.30. The Labute approximate surface area is 163 Å². The second-order valence-electron chi connectivity index (χ2n) is 6.26. The molecule has 0 aliphatic carbocycles. The molecule has 1 N–H and O–H groups in total. The molecule has 0 saturated heterocycles. The lowest BCUT2D eigenvalue weighted by molar-refractivity contribution is 0.277. The van der Waals surface area contributed by atoms with Gasteiger partial charge in [0.15, 0.2) is 11.5 Å². The lowest BCUT2D eigenvalue weighted by atomic mass is 10.1. The number of nitrogens with one attached hydrogen (secondary N) is 1. The van der Waals surface area contributed by atoms with E-state index in [4.69, 9.17) is 9.47 Å². The van der Waals surface area contributed by atoms with Crippen LogP contribution < -0.4 is 14.8 Å². The van der Waals surface area contributed by atoms with Gasteiger partial charge in [-0.25, -0.2) is 9.07 Å². The van der Waals surface area contributed by atoms with Crippen molar-refractivity contribution in [3.63, 3.8) is 0 Å². The number of anilines is 1. The number of para-hydroxylation sites is 1. The highest BCUT2D eigenvalue weighted by Gasteiger charge is 2.13. The summed E-state index contributed by atoms with van der Waals surface area (Å²) in [7, 11) is 1.58. The zero-order chi connectivity index (χ0) is 19.8. The van der Waals surface area contributed by atoms with Crippen molar-refractivity contribution in [3.05, 3.63) is 59.4 Å². The molecule has 1 aromatic heterocycles. The minimum atomic E-state index is -0.299. The lowest BCUT2D eigenvalue weighted by Crippen LogP contribution is -2.10. The summed E-state index contributed by atoms with van der Waals surface area (Å²) < 4.78 is 27.0. The van der Waals surface area contributed by atoms with Crippen LogP contribution >= 0.6 is 0 Å². The lowest BCUT2D eigenvalue weighted by Gasteiger charge is -2.16. The van der Waals surface area contributed by atoms with E-state index in [1.54, 1.807) is 30.0 Å². The molecule has 0 saturated carbocycles. The van der Waals surface area contributed by atoms with Gasteiger partial charge in [0.25, 0.3) is 0 Å². The molecule has 3 aromatic rings. The van der Waals surface area contributed by atoms with Gasteiger partial charge in [0.05, 0.1) is 7.11 Å². The zero-order valence-corrected chi connectivity index (χ0v) is 16.1. The van der Waals surface area contributed by atoms with E-state index in [0.29, 0.717) is 29.6 Å². The van der Waals surface area contributed by atoms with E-state index in [1.165, 1.54) is 6.07 Å². The van der Waals surface area contributed by atoms with Crippen molar-refractivity contribution in [2.24, 2.45) is 0 Å². The second-order valence-corrected chi connectivity index (χ2v) is 6.26. The third-order valence-electron chi connectivity index (χ3n) is 4.30. The van der Waals surface area contributed by atoms with Crippen molar-refractivity contribution in [2.45, 2.75) is 39.5 Å². The summed E-state index contributed by atoms with van der Waals surface area (Å²) in [6, 6.07) is 12.2. The van der Waals surface area contributed by atoms with Crippen LogP contribution in [-0.2, 0) is 19.7 Å². The minimum absolute atomic E-state index is 0.105. The maximum atomic E-state index is 13.9. The quantitative estimate of drug-likeness (QED) is 0.572. The van der Waals surface area contributed by atoms with Crippen molar-refractivity contribution >= 4 is 5.95 Å². The molecule has 0 bridgehead atoms. The van der Waals surface area contributed by atoms with Gasteiger partial charge in [-0.2, -0.15) is 0 Å². The van der Waals surface area contributed by atoms with E-state index < -0.39 is 0 Å². The summed E-state index contributed by atoms with van der Waals surface area (Å²) in [4.78, 5) is 0. The van der Waals surface area contributed by atoms with Crippen LogP contribution in [0.5, 0.6) is 11.5 Å². The largest absolute Gasteiger partial charge is 0.493 e. The number of unbranched alkanes of at least 4 members (excludes halogenated alkanes) is 1. The molecular weight excluding hydrogens is 361 g/mol. The molecule has 0 radical (unpaired) electrons. The number of benzene rings is 2. The highest BCUT2D eigenvalue weighted by Crippen LogP contribution is 2.32. The monoisotopic (exact) mass is 385 g/mol. The molecule has 8 heteroatoms. The summed E-state index contributed by atoms with van der Waals surface area (Å²) in [5.74, 6) is 1.44. The minimum Gasteiger partial charge on any atom is -0.493 e. The van der Waals surface area contributed by atoms with Crippen LogP contribution in [0.4, 0.5) is 10.3 Å². The van der Waals surface area contributed by atoms with Crippen LogP contribution in [0.15, 0.2) is 42.5 Å². The smallest absolute Gasteiger partial charge is 0.243 e. The molecule has 7 nitrogen and oxygen atoms in total. The van der Waals surface area contributed by atoms with Crippen molar-refractivity contribution in [1.82, 2.24) is 20.2 Å². The topological polar surface area (TPSA) is 74.1 Å². The number of rotatable bonds is 10. The highest BCUT2D eigenvalue weighted by molar-refractivity contribution is 5.48. The number of nitrogens with zero attached hydrogens (tertiary/aromatic N) is 4. The molecule has 0 unspecified atom stereocenters. The normalized spacial score (nSPS) is 10.7. The summed E-state index contributed by atoms with van der Waals surface area (Å²) in [6.07, 6.45) is 2.05. The summed E-state index contributed by atoms with van der Waals surface area (Å²) >= 11 is 0. The van der Waals surface area contributed by atoms with Crippen molar-refractivity contribution in [1.29, 1.82) is 0 Å². The standard InChI is InChI=1S/C20H24FN5O2/c1-3-4-12-26-20(23-24-25-26)22-13-15-9-7-11-18(27-2)19(15)28-14-16-8-5-6-10-17(16)21/h5-11H,3-4,12-14H2,1-2H3,(H,22,23,25). The molecule has 0 fully saturated rings. The molecule has 0 aliphatic rings.